The highest BCUT2D eigenvalue weighted by Gasteiger charge is 2.42. The van der Waals surface area contributed by atoms with Crippen molar-refractivity contribution < 1.29 is 24.5 Å². The maximum absolute atomic E-state index is 13.0. The fraction of sp³-hybridized carbons (Fsp3) is 0.704. The summed E-state index contributed by atoms with van der Waals surface area (Å²) < 4.78 is 5.86. The average Bonchev–Trinajstić information content (AvgIpc) is 2.77. The summed E-state index contributed by atoms with van der Waals surface area (Å²) in [4.78, 5) is 26.0. The average molecular weight is 464 g/mol. The first-order valence-corrected chi connectivity index (χ1v) is 12.5. The largest absolute Gasteiger partial charge is 0.504 e. The van der Waals surface area contributed by atoms with Gasteiger partial charge in [-0.15, -0.1) is 0 Å². The molecule has 188 valence electrons. The van der Waals surface area contributed by atoms with Gasteiger partial charge >= 0.3 is 5.97 Å². The zero-order chi connectivity index (χ0) is 25.1. The van der Waals surface area contributed by atoms with Crippen LogP contribution < -0.4 is 5.32 Å². The molecule has 0 spiro atoms. The van der Waals surface area contributed by atoms with Crippen LogP contribution in [-0.2, 0) is 20.7 Å². The lowest BCUT2D eigenvalue weighted by atomic mass is 9.71. The Balaban J connectivity index is 2.67. The second kappa shape index (κ2) is 13.5. The standard InChI is InChI=1S/C27H45NO5/c1-7-10-11-12-13-21(8-2)33-25(32)26(4,5)19-27(6,9-3)24(31)28-17-16-20-14-15-22(29)23(30)18-20/h14-15,18,21,29-30H,7-13,16-17,19H2,1-6H3,(H,28,31). The molecule has 0 saturated heterocycles. The Hall–Kier alpha value is -2.24. The second-order valence-electron chi connectivity index (χ2n) is 10.1. The summed E-state index contributed by atoms with van der Waals surface area (Å²) >= 11 is 0. The number of nitrogens with one attached hydrogen (secondary N) is 1. The number of aromatic hydroxyl groups is 2. The minimum Gasteiger partial charge on any atom is -0.504 e. The molecular weight excluding hydrogens is 418 g/mol. The molecule has 0 saturated carbocycles. The number of carbonyl (C=O) groups is 2. The van der Waals surface area contributed by atoms with Gasteiger partial charge < -0.3 is 20.3 Å². The van der Waals surface area contributed by atoms with Crippen molar-refractivity contribution in [3.63, 3.8) is 0 Å². The lowest BCUT2D eigenvalue weighted by Crippen LogP contribution is -2.44. The molecule has 6 heteroatoms. The highest BCUT2D eigenvalue weighted by atomic mass is 16.5. The SMILES string of the molecule is CCCCCCC(CC)OC(=O)C(C)(C)CC(C)(CC)C(=O)NCCc1ccc(O)c(O)c1. The van der Waals surface area contributed by atoms with Gasteiger partial charge in [-0.3, -0.25) is 9.59 Å². The molecule has 0 bridgehead atoms. The van der Waals surface area contributed by atoms with E-state index in [4.69, 9.17) is 4.74 Å². The molecule has 2 atom stereocenters. The van der Waals surface area contributed by atoms with Gasteiger partial charge in [0.15, 0.2) is 11.5 Å². The third-order valence-corrected chi connectivity index (χ3v) is 6.56. The number of hydrogen-bond donors (Lipinski definition) is 3. The number of phenolic OH excluding ortho intramolecular Hbond substituents is 2. The van der Waals surface area contributed by atoms with E-state index in [9.17, 15) is 19.8 Å². The van der Waals surface area contributed by atoms with E-state index in [1.807, 2.05) is 34.6 Å². The Kier molecular flexibility index (Phi) is 11.7. The molecule has 0 aromatic heterocycles. The van der Waals surface area contributed by atoms with Crippen molar-refractivity contribution in [2.24, 2.45) is 10.8 Å². The van der Waals surface area contributed by atoms with E-state index in [0.717, 1.165) is 31.2 Å². The third-order valence-electron chi connectivity index (χ3n) is 6.56. The summed E-state index contributed by atoms with van der Waals surface area (Å²) in [5.74, 6) is -0.674. The molecule has 3 N–H and O–H groups in total. The van der Waals surface area contributed by atoms with Crippen LogP contribution in [0.5, 0.6) is 11.5 Å². The number of benzene rings is 1. The summed E-state index contributed by atoms with van der Waals surface area (Å²) in [5, 5.41) is 22.0. The van der Waals surface area contributed by atoms with E-state index < -0.39 is 10.8 Å². The Morgan fingerprint density at radius 2 is 1.73 bits per heavy atom. The Labute approximate surface area is 200 Å². The first kappa shape index (κ1) is 28.8. The highest BCUT2D eigenvalue weighted by molar-refractivity contribution is 5.84. The molecule has 0 aliphatic carbocycles. The fourth-order valence-electron chi connectivity index (χ4n) is 4.13. The van der Waals surface area contributed by atoms with Crippen molar-refractivity contribution in [3.8, 4) is 11.5 Å². The van der Waals surface area contributed by atoms with Crippen molar-refractivity contribution in [2.45, 2.75) is 105 Å². The normalized spacial score (nSPS) is 14.4. The van der Waals surface area contributed by atoms with Crippen molar-refractivity contribution in [1.29, 1.82) is 0 Å². The number of ether oxygens (including phenoxy) is 1. The zero-order valence-corrected chi connectivity index (χ0v) is 21.5. The van der Waals surface area contributed by atoms with E-state index in [2.05, 4.69) is 12.2 Å². The number of esters is 1. The molecule has 6 nitrogen and oxygen atoms in total. The Bertz CT molecular complexity index is 761. The number of hydrogen-bond acceptors (Lipinski definition) is 5. The van der Waals surface area contributed by atoms with Crippen LogP contribution in [0.25, 0.3) is 0 Å². The maximum atomic E-state index is 13.0. The van der Waals surface area contributed by atoms with Crippen molar-refractivity contribution >= 4 is 11.9 Å². The molecular formula is C27H45NO5. The summed E-state index contributed by atoms with van der Waals surface area (Å²) in [6, 6.07) is 4.64. The summed E-state index contributed by atoms with van der Waals surface area (Å²) in [6.07, 6.45) is 7.74. The summed E-state index contributed by atoms with van der Waals surface area (Å²) in [6.45, 7) is 12.2. The van der Waals surface area contributed by atoms with E-state index in [1.54, 1.807) is 6.07 Å². The number of unbranched alkanes of at least 4 members (excludes halogenated alkanes) is 3. The number of amides is 1. The van der Waals surface area contributed by atoms with Crippen molar-refractivity contribution in [2.75, 3.05) is 6.54 Å². The smallest absolute Gasteiger partial charge is 0.311 e. The molecule has 1 aromatic rings. The van der Waals surface area contributed by atoms with Gasteiger partial charge in [-0.05, 0) is 70.1 Å². The van der Waals surface area contributed by atoms with Gasteiger partial charge in [0, 0.05) is 12.0 Å². The monoisotopic (exact) mass is 463 g/mol. The van der Waals surface area contributed by atoms with E-state index >= 15 is 0 Å². The van der Waals surface area contributed by atoms with Crippen molar-refractivity contribution in [3.05, 3.63) is 23.8 Å². The van der Waals surface area contributed by atoms with Crippen LogP contribution in [-0.4, -0.2) is 34.7 Å². The second-order valence-corrected chi connectivity index (χ2v) is 10.1. The van der Waals surface area contributed by atoms with Gasteiger partial charge in [0.05, 0.1) is 5.41 Å². The van der Waals surface area contributed by atoms with E-state index in [0.29, 0.717) is 25.8 Å². The summed E-state index contributed by atoms with van der Waals surface area (Å²) in [5.41, 5.74) is -0.665. The molecule has 1 aromatic carbocycles. The van der Waals surface area contributed by atoms with Gasteiger partial charge in [-0.2, -0.15) is 0 Å². The third kappa shape index (κ3) is 9.26. The van der Waals surface area contributed by atoms with Crippen molar-refractivity contribution in [1.82, 2.24) is 5.32 Å². The molecule has 0 aliphatic rings. The Morgan fingerprint density at radius 3 is 2.30 bits per heavy atom. The predicted octanol–water partition coefficient (Wildman–Crippen LogP) is 5.88. The van der Waals surface area contributed by atoms with Gasteiger partial charge in [-0.25, -0.2) is 0 Å². The minimum atomic E-state index is -0.776. The van der Waals surface area contributed by atoms with Crippen LogP contribution >= 0.6 is 0 Å². The van der Waals surface area contributed by atoms with Gasteiger partial charge in [0.2, 0.25) is 5.91 Å². The first-order chi connectivity index (χ1) is 15.5. The minimum absolute atomic E-state index is 0.0722. The summed E-state index contributed by atoms with van der Waals surface area (Å²) in [7, 11) is 0. The van der Waals surface area contributed by atoms with Crippen LogP contribution in [0.15, 0.2) is 18.2 Å². The highest BCUT2D eigenvalue weighted by Crippen LogP contribution is 2.38. The van der Waals surface area contributed by atoms with Crippen LogP contribution in [0.3, 0.4) is 0 Å². The fourth-order valence-corrected chi connectivity index (χ4v) is 4.13. The molecule has 0 heterocycles. The van der Waals surface area contributed by atoms with Crippen LogP contribution in [0, 0.1) is 10.8 Å². The van der Waals surface area contributed by atoms with Gasteiger partial charge in [-0.1, -0.05) is 53.0 Å². The van der Waals surface area contributed by atoms with Crippen LogP contribution in [0.1, 0.15) is 98.5 Å². The van der Waals surface area contributed by atoms with Gasteiger partial charge in [0.1, 0.15) is 6.10 Å². The topological polar surface area (TPSA) is 95.9 Å². The quantitative estimate of drug-likeness (QED) is 0.171. The van der Waals surface area contributed by atoms with E-state index in [1.165, 1.54) is 25.0 Å². The lowest BCUT2D eigenvalue weighted by Gasteiger charge is -2.35. The number of phenols is 2. The lowest BCUT2D eigenvalue weighted by molar-refractivity contribution is -0.162. The molecule has 1 amide bonds. The molecule has 0 radical (unpaired) electrons. The zero-order valence-electron chi connectivity index (χ0n) is 21.5. The van der Waals surface area contributed by atoms with E-state index in [-0.39, 0.29) is 29.5 Å². The van der Waals surface area contributed by atoms with Crippen LogP contribution in [0.4, 0.5) is 0 Å². The Morgan fingerprint density at radius 1 is 1.03 bits per heavy atom. The van der Waals surface area contributed by atoms with Crippen LogP contribution in [0.2, 0.25) is 0 Å². The molecule has 0 fully saturated rings. The molecule has 2 unspecified atom stereocenters. The molecule has 33 heavy (non-hydrogen) atoms. The molecule has 0 aliphatic heterocycles. The van der Waals surface area contributed by atoms with Gasteiger partial charge in [0.25, 0.3) is 0 Å². The number of carbonyl (C=O) groups excluding carboxylic acids is 2. The molecule has 1 rings (SSSR count). The first-order valence-electron chi connectivity index (χ1n) is 12.5. The predicted molar refractivity (Wildman–Crippen MR) is 132 cm³/mol. The number of rotatable bonds is 15. The maximum Gasteiger partial charge on any atom is 0.311 e.